The Kier molecular flexibility index (Phi) is 3.71. The topological polar surface area (TPSA) is 12.9 Å². The molecule has 86 valence electrons. The summed E-state index contributed by atoms with van der Waals surface area (Å²) in [6, 6.07) is 10.5. The molecule has 1 nitrogen and oxygen atoms in total. The molecule has 0 atom stereocenters. The molecule has 0 bridgehead atoms. The molecule has 2 rings (SSSR count). The average Bonchev–Trinajstić information content (AvgIpc) is 2.38. The van der Waals surface area contributed by atoms with E-state index in [2.05, 4.69) is 42.8 Å². The van der Waals surface area contributed by atoms with Gasteiger partial charge in [0.1, 0.15) is 0 Å². The predicted octanol–water partition coefficient (Wildman–Crippen LogP) is 3.82. The number of benzene rings is 1. The van der Waals surface area contributed by atoms with Gasteiger partial charge in [-0.15, -0.1) is 0 Å². The van der Waals surface area contributed by atoms with Crippen LogP contribution in [0.3, 0.4) is 0 Å². The van der Waals surface area contributed by atoms with Crippen molar-refractivity contribution >= 4 is 6.08 Å². The van der Waals surface area contributed by atoms with Crippen molar-refractivity contribution < 1.29 is 0 Å². The summed E-state index contributed by atoms with van der Waals surface area (Å²) in [7, 11) is 0. The van der Waals surface area contributed by atoms with E-state index in [4.69, 9.17) is 0 Å². The second kappa shape index (κ2) is 5.44. The van der Waals surface area contributed by atoms with Crippen LogP contribution in [0, 0.1) is 6.92 Å². The number of hydrogen-bond donors (Lipinski definition) is 0. The molecule has 0 aliphatic rings. The minimum Gasteiger partial charge on any atom is -0.264 e. The number of nitrogens with zero attached hydrogens (tertiary/aromatic N) is 1. The summed E-state index contributed by atoms with van der Waals surface area (Å²) >= 11 is 0. The van der Waals surface area contributed by atoms with Gasteiger partial charge in [0.25, 0.3) is 0 Å². The van der Waals surface area contributed by atoms with E-state index in [-0.39, 0.29) is 0 Å². The summed E-state index contributed by atoms with van der Waals surface area (Å²) in [5.41, 5.74) is 5.22. The zero-order valence-corrected chi connectivity index (χ0v) is 10.2. The second-order valence-corrected chi connectivity index (χ2v) is 4.21. The maximum absolute atomic E-state index is 4.18. The minimum absolute atomic E-state index is 1.01. The molecule has 1 aromatic heterocycles. The lowest BCUT2D eigenvalue weighted by atomic mass is 9.99. The van der Waals surface area contributed by atoms with Crippen LogP contribution in [0.2, 0.25) is 0 Å². The lowest BCUT2D eigenvalue weighted by Crippen LogP contribution is -1.96. The fourth-order valence-corrected chi connectivity index (χ4v) is 2.01. The smallest absolute Gasteiger partial charge is 0.0305 e. The summed E-state index contributed by atoms with van der Waals surface area (Å²) < 4.78 is 0. The lowest BCUT2D eigenvalue weighted by Gasteiger charge is -2.07. The van der Waals surface area contributed by atoms with E-state index < -0.39 is 0 Å². The van der Waals surface area contributed by atoms with Crippen molar-refractivity contribution in [2.45, 2.75) is 19.8 Å². The van der Waals surface area contributed by atoms with E-state index in [1.54, 1.807) is 0 Å². The summed E-state index contributed by atoms with van der Waals surface area (Å²) in [5.74, 6) is 0. The van der Waals surface area contributed by atoms with Crippen LogP contribution in [0.1, 0.15) is 22.3 Å². The molecule has 0 aliphatic carbocycles. The zero-order chi connectivity index (χ0) is 12.1. The van der Waals surface area contributed by atoms with Gasteiger partial charge < -0.3 is 0 Å². The first kappa shape index (κ1) is 11.6. The minimum atomic E-state index is 1.01. The molecule has 0 radical (unpaired) electrons. The van der Waals surface area contributed by atoms with Gasteiger partial charge in [0, 0.05) is 12.4 Å². The highest BCUT2D eigenvalue weighted by molar-refractivity contribution is 5.50. The standard InChI is InChI=1S/C16H17N/c1-3-14-10-11-17-12-16(14)9-8-15-7-5-4-6-13(15)2/h3-7,10-12H,1,8-9H2,2H3. The molecule has 0 aliphatic heterocycles. The van der Waals surface area contributed by atoms with Gasteiger partial charge in [-0.2, -0.15) is 0 Å². The molecular weight excluding hydrogens is 206 g/mol. The third kappa shape index (κ3) is 2.82. The molecule has 0 saturated carbocycles. The first-order valence-electron chi connectivity index (χ1n) is 5.91. The number of aryl methyl sites for hydroxylation is 3. The van der Waals surface area contributed by atoms with E-state index >= 15 is 0 Å². The molecule has 0 saturated heterocycles. The van der Waals surface area contributed by atoms with Gasteiger partial charge in [-0.1, -0.05) is 36.9 Å². The first-order valence-corrected chi connectivity index (χ1v) is 5.91. The summed E-state index contributed by atoms with van der Waals surface area (Å²) in [6.45, 7) is 6.00. The van der Waals surface area contributed by atoms with Crippen molar-refractivity contribution in [1.29, 1.82) is 0 Å². The second-order valence-electron chi connectivity index (χ2n) is 4.21. The number of hydrogen-bond acceptors (Lipinski definition) is 1. The Bertz CT molecular complexity index is 514. The molecule has 1 heteroatoms. The molecule has 0 N–H and O–H groups in total. The Balaban J connectivity index is 2.13. The predicted molar refractivity (Wildman–Crippen MR) is 72.9 cm³/mol. The Labute approximate surface area is 103 Å². The number of rotatable bonds is 4. The highest BCUT2D eigenvalue weighted by atomic mass is 14.6. The Hall–Kier alpha value is -1.89. The van der Waals surface area contributed by atoms with Gasteiger partial charge in [0.15, 0.2) is 0 Å². The number of aromatic nitrogens is 1. The molecule has 1 aromatic carbocycles. The van der Waals surface area contributed by atoms with Crippen molar-refractivity contribution in [3.63, 3.8) is 0 Å². The van der Waals surface area contributed by atoms with Gasteiger partial charge >= 0.3 is 0 Å². The SMILES string of the molecule is C=Cc1ccncc1CCc1ccccc1C. The average molecular weight is 223 g/mol. The van der Waals surface area contributed by atoms with E-state index in [1.807, 2.05) is 24.5 Å². The van der Waals surface area contributed by atoms with Crippen molar-refractivity contribution in [3.05, 3.63) is 71.6 Å². The Morgan fingerprint density at radius 2 is 1.88 bits per heavy atom. The maximum Gasteiger partial charge on any atom is 0.0305 e. The van der Waals surface area contributed by atoms with Crippen LogP contribution >= 0.6 is 0 Å². The first-order chi connectivity index (χ1) is 8.31. The quantitative estimate of drug-likeness (QED) is 0.768. The van der Waals surface area contributed by atoms with E-state index in [0.717, 1.165) is 12.8 Å². The Morgan fingerprint density at radius 3 is 2.65 bits per heavy atom. The van der Waals surface area contributed by atoms with Gasteiger partial charge in [0.2, 0.25) is 0 Å². The van der Waals surface area contributed by atoms with E-state index in [1.165, 1.54) is 22.3 Å². The third-order valence-electron chi connectivity index (χ3n) is 3.09. The Morgan fingerprint density at radius 1 is 1.12 bits per heavy atom. The molecule has 0 unspecified atom stereocenters. The van der Waals surface area contributed by atoms with Crippen molar-refractivity contribution in [2.75, 3.05) is 0 Å². The van der Waals surface area contributed by atoms with E-state index in [0.29, 0.717) is 0 Å². The van der Waals surface area contributed by atoms with Crippen LogP contribution in [-0.4, -0.2) is 4.98 Å². The summed E-state index contributed by atoms with van der Waals surface area (Å²) in [4.78, 5) is 4.18. The summed E-state index contributed by atoms with van der Waals surface area (Å²) in [5, 5.41) is 0. The van der Waals surface area contributed by atoms with Crippen molar-refractivity contribution in [1.82, 2.24) is 4.98 Å². The van der Waals surface area contributed by atoms with Crippen LogP contribution in [0.25, 0.3) is 6.08 Å². The van der Waals surface area contributed by atoms with Gasteiger partial charge in [-0.25, -0.2) is 0 Å². The van der Waals surface area contributed by atoms with Crippen molar-refractivity contribution in [3.8, 4) is 0 Å². The fraction of sp³-hybridized carbons (Fsp3) is 0.188. The lowest BCUT2D eigenvalue weighted by molar-refractivity contribution is 0.937. The molecule has 0 fully saturated rings. The largest absolute Gasteiger partial charge is 0.264 e. The number of pyridine rings is 1. The van der Waals surface area contributed by atoms with Gasteiger partial charge in [-0.05, 0) is 48.1 Å². The van der Waals surface area contributed by atoms with Gasteiger partial charge in [0.05, 0.1) is 0 Å². The van der Waals surface area contributed by atoms with Crippen LogP contribution < -0.4 is 0 Å². The van der Waals surface area contributed by atoms with Crippen LogP contribution in [0.15, 0.2) is 49.3 Å². The van der Waals surface area contributed by atoms with Crippen LogP contribution in [-0.2, 0) is 12.8 Å². The highest BCUT2D eigenvalue weighted by Gasteiger charge is 2.01. The molecular formula is C16H17N. The fourth-order valence-electron chi connectivity index (χ4n) is 2.01. The van der Waals surface area contributed by atoms with Gasteiger partial charge in [-0.3, -0.25) is 4.98 Å². The molecule has 0 spiro atoms. The highest BCUT2D eigenvalue weighted by Crippen LogP contribution is 2.14. The molecule has 2 aromatic rings. The van der Waals surface area contributed by atoms with E-state index in [9.17, 15) is 0 Å². The monoisotopic (exact) mass is 223 g/mol. The zero-order valence-electron chi connectivity index (χ0n) is 10.2. The van der Waals surface area contributed by atoms with Crippen LogP contribution in [0.4, 0.5) is 0 Å². The van der Waals surface area contributed by atoms with Crippen LogP contribution in [0.5, 0.6) is 0 Å². The third-order valence-corrected chi connectivity index (χ3v) is 3.09. The molecule has 17 heavy (non-hydrogen) atoms. The van der Waals surface area contributed by atoms with Crippen molar-refractivity contribution in [2.24, 2.45) is 0 Å². The maximum atomic E-state index is 4.18. The summed E-state index contributed by atoms with van der Waals surface area (Å²) in [6.07, 6.45) is 7.72. The molecule has 0 amide bonds. The molecule has 1 heterocycles. The normalized spacial score (nSPS) is 10.2.